The molecule has 70 heavy (non-hydrogen) atoms. The van der Waals surface area contributed by atoms with E-state index >= 15 is 0 Å². The monoisotopic (exact) mass is 896 g/mol. The molecule has 0 saturated heterocycles. The number of rotatable bonds is 9. The lowest BCUT2D eigenvalue weighted by atomic mass is 9.96. The van der Waals surface area contributed by atoms with E-state index in [9.17, 15) is 0 Å². The number of aromatic nitrogens is 2. The molecule has 11 aromatic carbocycles. The number of hydrogen-bond acceptors (Lipinski definition) is 2. The first kappa shape index (κ1) is 41.1. The van der Waals surface area contributed by atoms with E-state index in [2.05, 4.69) is 288 Å². The van der Waals surface area contributed by atoms with Gasteiger partial charge in [0, 0.05) is 66.7 Å². The Labute approximate surface area is 407 Å². The number of para-hydroxylation sites is 4. The van der Waals surface area contributed by atoms with E-state index in [1.54, 1.807) is 0 Å². The van der Waals surface area contributed by atoms with Crippen LogP contribution in [0.3, 0.4) is 0 Å². The van der Waals surface area contributed by atoms with Crippen LogP contribution >= 0.6 is 0 Å². The molecule has 13 aromatic rings. The zero-order valence-electron chi connectivity index (χ0n) is 39.0. The quantitative estimate of drug-likeness (QED) is 0.144. The third kappa shape index (κ3) is 6.92. The molecule has 0 aliphatic rings. The first-order chi connectivity index (χ1) is 34.6. The summed E-state index contributed by atoms with van der Waals surface area (Å²) in [5, 5.41) is 7.27. The van der Waals surface area contributed by atoms with Gasteiger partial charge in [-0.25, -0.2) is 0 Å². The molecule has 0 unspecified atom stereocenters. The SMILES string of the molecule is Cc1ccc(N(c2ccc(-c3ccc(N(c4ccc(C)cc4)c4ccc5c(c4)c4ccccc4n5-c4ccccc4)c4ccccc34)cc2)c2ccc3c(c2)c2ccccc2n3-c2ccccc2)cc1. The first-order valence-electron chi connectivity index (χ1n) is 24.1. The zero-order chi connectivity index (χ0) is 46.7. The van der Waals surface area contributed by atoms with Gasteiger partial charge in [0.25, 0.3) is 0 Å². The van der Waals surface area contributed by atoms with Gasteiger partial charge in [0.2, 0.25) is 0 Å². The Kier molecular flexibility index (Phi) is 9.91. The van der Waals surface area contributed by atoms with Crippen LogP contribution in [-0.2, 0) is 0 Å². The Morgan fingerprint density at radius 1 is 0.271 bits per heavy atom. The van der Waals surface area contributed by atoms with Crippen molar-refractivity contribution in [1.29, 1.82) is 0 Å². The van der Waals surface area contributed by atoms with Crippen molar-refractivity contribution in [3.05, 3.63) is 266 Å². The minimum atomic E-state index is 1.09. The van der Waals surface area contributed by atoms with Gasteiger partial charge in [0.05, 0.1) is 27.8 Å². The maximum absolute atomic E-state index is 2.43. The Morgan fingerprint density at radius 3 is 1.17 bits per heavy atom. The van der Waals surface area contributed by atoms with Gasteiger partial charge in [-0.2, -0.15) is 0 Å². The van der Waals surface area contributed by atoms with Crippen LogP contribution in [0.15, 0.2) is 255 Å². The predicted molar refractivity (Wildman–Crippen MR) is 297 cm³/mol. The lowest BCUT2D eigenvalue weighted by Crippen LogP contribution is -2.11. The fourth-order valence-corrected chi connectivity index (χ4v) is 10.7. The number of anilines is 6. The molecule has 0 aliphatic heterocycles. The van der Waals surface area contributed by atoms with Crippen LogP contribution < -0.4 is 9.80 Å². The maximum Gasteiger partial charge on any atom is 0.0542 e. The second-order valence-corrected chi connectivity index (χ2v) is 18.3. The summed E-state index contributed by atoms with van der Waals surface area (Å²) in [6, 6.07) is 93.0. The van der Waals surface area contributed by atoms with Gasteiger partial charge in [-0.15, -0.1) is 0 Å². The van der Waals surface area contributed by atoms with E-state index in [1.807, 2.05) is 0 Å². The van der Waals surface area contributed by atoms with Crippen molar-refractivity contribution in [3.63, 3.8) is 0 Å². The molecular weight excluding hydrogens is 849 g/mol. The lowest BCUT2D eigenvalue weighted by molar-refractivity contribution is 1.18. The van der Waals surface area contributed by atoms with E-state index in [0.717, 1.165) is 51.1 Å². The third-order valence-electron chi connectivity index (χ3n) is 14.0. The number of nitrogens with zero attached hydrogens (tertiary/aromatic N) is 4. The van der Waals surface area contributed by atoms with Crippen LogP contribution in [0.4, 0.5) is 34.1 Å². The van der Waals surface area contributed by atoms with E-state index in [4.69, 9.17) is 0 Å². The second-order valence-electron chi connectivity index (χ2n) is 18.3. The minimum absolute atomic E-state index is 1.09. The van der Waals surface area contributed by atoms with Crippen molar-refractivity contribution in [1.82, 2.24) is 9.13 Å². The van der Waals surface area contributed by atoms with Crippen molar-refractivity contribution in [2.45, 2.75) is 13.8 Å². The van der Waals surface area contributed by atoms with Gasteiger partial charge in [0.1, 0.15) is 0 Å². The topological polar surface area (TPSA) is 16.3 Å². The summed E-state index contributed by atoms with van der Waals surface area (Å²) in [5.74, 6) is 0. The van der Waals surface area contributed by atoms with Crippen LogP contribution in [-0.4, -0.2) is 9.13 Å². The summed E-state index contributed by atoms with van der Waals surface area (Å²) in [4.78, 5) is 4.81. The molecule has 4 heteroatoms. The minimum Gasteiger partial charge on any atom is -0.310 e. The Balaban J connectivity index is 0.924. The fourth-order valence-electron chi connectivity index (χ4n) is 10.7. The highest BCUT2D eigenvalue weighted by molar-refractivity contribution is 6.13. The molecular formula is C66H48N4. The highest BCUT2D eigenvalue weighted by Crippen LogP contribution is 2.45. The molecule has 0 saturated carbocycles. The van der Waals surface area contributed by atoms with Gasteiger partial charge in [-0.1, -0.05) is 151 Å². The Bertz CT molecular complexity index is 4050. The Morgan fingerprint density at radius 2 is 0.657 bits per heavy atom. The van der Waals surface area contributed by atoms with Gasteiger partial charge in [0.15, 0.2) is 0 Å². The van der Waals surface area contributed by atoms with Crippen LogP contribution in [0, 0.1) is 13.8 Å². The molecule has 0 spiro atoms. The molecule has 0 atom stereocenters. The van der Waals surface area contributed by atoms with Gasteiger partial charge in [-0.05, 0) is 146 Å². The number of fused-ring (bicyclic) bond motifs is 7. The zero-order valence-corrected chi connectivity index (χ0v) is 39.0. The molecule has 0 aliphatic carbocycles. The maximum atomic E-state index is 2.43. The predicted octanol–water partition coefficient (Wildman–Crippen LogP) is 18.3. The van der Waals surface area contributed by atoms with Gasteiger partial charge >= 0.3 is 0 Å². The molecule has 2 heterocycles. The van der Waals surface area contributed by atoms with Crippen molar-refractivity contribution in [3.8, 4) is 22.5 Å². The number of aryl methyl sites for hydroxylation is 2. The fraction of sp³-hybridized carbons (Fsp3) is 0.0303. The molecule has 0 N–H and O–H groups in total. The normalized spacial score (nSPS) is 11.6. The van der Waals surface area contributed by atoms with E-state index in [-0.39, 0.29) is 0 Å². The Hall–Kier alpha value is -9.12. The highest BCUT2D eigenvalue weighted by Gasteiger charge is 2.22. The van der Waals surface area contributed by atoms with Crippen molar-refractivity contribution in [2.24, 2.45) is 0 Å². The summed E-state index contributed by atoms with van der Waals surface area (Å²) >= 11 is 0. The first-order valence-corrected chi connectivity index (χ1v) is 24.1. The molecule has 2 aromatic heterocycles. The molecule has 332 valence electrons. The van der Waals surface area contributed by atoms with E-state index in [0.29, 0.717) is 0 Å². The smallest absolute Gasteiger partial charge is 0.0542 e. The molecule has 13 rings (SSSR count). The highest BCUT2D eigenvalue weighted by atomic mass is 15.2. The standard InChI is InChI=1S/C66H48N4/c1-45-25-31-50(32-26-45)67(53-37-40-65-60(43-53)58-21-11-13-23-62(58)69(65)48-15-5-3-6-16-48)51-35-29-47(30-36-51)55-39-42-64(57-20-10-9-19-56(55)57)68(52-33-27-46(2)28-34-52)54-38-41-66-61(44-54)59-22-12-14-24-63(59)70(66)49-17-7-4-8-18-49/h3-44H,1-2H3. The average molecular weight is 897 g/mol. The molecule has 4 nitrogen and oxygen atoms in total. The van der Waals surface area contributed by atoms with Crippen molar-refractivity contribution >= 4 is 88.5 Å². The van der Waals surface area contributed by atoms with Crippen LogP contribution in [0.2, 0.25) is 0 Å². The number of benzene rings is 11. The van der Waals surface area contributed by atoms with Crippen LogP contribution in [0.1, 0.15) is 11.1 Å². The van der Waals surface area contributed by atoms with Crippen LogP contribution in [0.25, 0.3) is 76.9 Å². The summed E-state index contributed by atoms with van der Waals surface area (Å²) < 4.78 is 4.75. The molecule has 0 amide bonds. The second kappa shape index (κ2) is 16.9. The van der Waals surface area contributed by atoms with E-state index < -0.39 is 0 Å². The van der Waals surface area contributed by atoms with Crippen molar-refractivity contribution < 1.29 is 0 Å². The average Bonchev–Trinajstić information content (AvgIpc) is 3.93. The third-order valence-corrected chi connectivity index (χ3v) is 14.0. The molecule has 0 bridgehead atoms. The van der Waals surface area contributed by atoms with E-state index in [1.165, 1.54) is 71.1 Å². The number of hydrogen-bond donors (Lipinski definition) is 0. The largest absolute Gasteiger partial charge is 0.310 e. The van der Waals surface area contributed by atoms with Crippen molar-refractivity contribution in [2.75, 3.05) is 9.80 Å². The summed E-state index contributed by atoms with van der Waals surface area (Å²) in [6.45, 7) is 4.30. The van der Waals surface area contributed by atoms with Crippen LogP contribution in [0.5, 0.6) is 0 Å². The molecule has 0 fully saturated rings. The summed E-state index contributed by atoms with van der Waals surface area (Å²) in [6.07, 6.45) is 0. The summed E-state index contributed by atoms with van der Waals surface area (Å²) in [7, 11) is 0. The molecule has 0 radical (unpaired) electrons. The van der Waals surface area contributed by atoms with Gasteiger partial charge < -0.3 is 18.9 Å². The summed E-state index contributed by atoms with van der Waals surface area (Å²) in [5.41, 5.74) is 18.5. The lowest BCUT2D eigenvalue weighted by Gasteiger charge is -2.28. The van der Waals surface area contributed by atoms with Gasteiger partial charge in [-0.3, -0.25) is 0 Å².